The summed E-state index contributed by atoms with van der Waals surface area (Å²) in [6.45, 7) is 8.71. The van der Waals surface area contributed by atoms with Crippen molar-refractivity contribution in [1.29, 1.82) is 0 Å². The van der Waals surface area contributed by atoms with E-state index in [0.29, 0.717) is 6.04 Å². The zero-order chi connectivity index (χ0) is 12.9. The molecule has 1 unspecified atom stereocenters. The molecule has 0 heterocycles. The Balaban J connectivity index is 2.58. The molecule has 1 amide bonds. The second-order valence-electron chi connectivity index (χ2n) is 5.28. The van der Waals surface area contributed by atoms with Gasteiger partial charge >= 0.3 is 0 Å². The molecule has 1 rings (SSSR count). The van der Waals surface area contributed by atoms with E-state index in [2.05, 4.69) is 17.1 Å². The number of nitrogens with one attached hydrogen (secondary N) is 1. The lowest BCUT2D eigenvalue weighted by Gasteiger charge is -2.34. The average Bonchev–Trinajstić information content (AvgIpc) is 3.08. The number of nitrogens with two attached hydrogens (primary N) is 1. The fraction of sp³-hybridized carbons (Fsp3) is 0.923. The van der Waals surface area contributed by atoms with Crippen LogP contribution in [0.2, 0.25) is 0 Å². The Hall–Kier alpha value is -0.610. The SMILES string of the molecule is CCCCN(CC(C)(NCC)C(N)=O)C1CC1. The summed E-state index contributed by atoms with van der Waals surface area (Å²) in [7, 11) is 0. The number of likely N-dealkylation sites (N-methyl/N-ethyl adjacent to an activating group) is 1. The van der Waals surface area contributed by atoms with Crippen molar-refractivity contribution in [2.45, 2.75) is 58.0 Å². The zero-order valence-electron chi connectivity index (χ0n) is 11.5. The minimum Gasteiger partial charge on any atom is -0.368 e. The predicted octanol–water partition coefficient (Wildman–Crippen LogP) is 1.10. The molecule has 1 atom stereocenters. The van der Waals surface area contributed by atoms with Crippen LogP contribution in [0.15, 0.2) is 0 Å². The highest BCUT2D eigenvalue weighted by atomic mass is 16.1. The second-order valence-corrected chi connectivity index (χ2v) is 5.28. The molecule has 1 fully saturated rings. The van der Waals surface area contributed by atoms with E-state index in [1.54, 1.807) is 0 Å². The van der Waals surface area contributed by atoms with E-state index < -0.39 is 5.54 Å². The van der Waals surface area contributed by atoms with Crippen molar-refractivity contribution in [2.75, 3.05) is 19.6 Å². The Morgan fingerprint density at radius 1 is 1.47 bits per heavy atom. The molecule has 100 valence electrons. The third-order valence-corrected chi connectivity index (χ3v) is 3.49. The normalized spacial score (nSPS) is 19.3. The molecule has 4 nitrogen and oxygen atoms in total. The Morgan fingerprint density at radius 3 is 2.53 bits per heavy atom. The van der Waals surface area contributed by atoms with Crippen LogP contribution in [0.5, 0.6) is 0 Å². The van der Waals surface area contributed by atoms with Crippen LogP contribution >= 0.6 is 0 Å². The van der Waals surface area contributed by atoms with Crippen molar-refractivity contribution < 1.29 is 4.79 Å². The molecule has 0 aromatic heterocycles. The van der Waals surface area contributed by atoms with Gasteiger partial charge in [-0.1, -0.05) is 20.3 Å². The maximum Gasteiger partial charge on any atom is 0.238 e. The summed E-state index contributed by atoms with van der Waals surface area (Å²) in [4.78, 5) is 14.0. The van der Waals surface area contributed by atoms with E-state index in [-0.39, 0.29) is 5.91 Å². The molecule has 0 aromatic carbocycles. The van der Waals surface area contributed by atoms with Crippen LogP contribution in [0, 0.1) is 0 Å². The third-order valence-electron chi connectivity index (χ3n) is 3.49. The number of hydrogen-bond donors (Lipinski definition) is 2. The minimum absolute atomic E-state index is 0.249. The van der Waals surface area contributed by atoms with E-state index in [1.165, 1.54) is 25.7 Å². The lowest BCUT2D eigenvalue weighted by molar-refractivity contribution is -0.124. The monoisotopic (exact) mass is 241 g/mol. The quantitative estimate of drug-likeness (QED) is 0.635. The van der Waals surface area contributed by atoms with Crippen LogP contribution in [0.4, 0.5) is 0 Å². The van der Waals surface area contributed by atoms with Crippen LogP contribution in [0.1, 0.15) is 46.5 Å². The fourth-order valence-corrected chi connectivity index (χ4v) is 2.21. The molecule has 0 aromatic rings. The number of rotatable bonds is 9. The smallest absolute Gasteiger partial charge is 0.238 e. The Labute approximate surface area is 105 Å². The van der Waals surface area contributed by atoms with Gasteiger partial charge in [0.15, 0.2) is 0 Å². The van der Waals surface area contributed by atoms with Gasteiger partial charge in [-0.05, 0) is 39.3 Å². The lowest BCUT2D eigenvalue weighted by Crippen LogP contribution is -2.60. The topological polar surface area (TPSA) is 58.4 Å². The van der Waals surface area contributed by atoms with Crippen molar-refractivity contribution in [3.8, 4) is 0 Å². The van der Waals surface area contributed by atoms with Crippen molar-refractivity contribution in [1.82, 2.24) is 10.2 Å². The van der Waals surface area contributed by atoms with Gasteiger partial charge in [0, 0.05) is 12.6 Å². The lowest BCUT2D eigenvalue weighted by atomic mass is 10.00. The van der Waals surface area contributed by atoms with Crippen molar-refractivity contribution in [3.63, 3.8) is 0 Å². The summed E-state index contributed by atoms with van der Waals surface area (Å²) in [5.41, 5.74) is 4.93. The van der Waals surface area contributed by atoms with E-state index in [0.717, 1.165) is 19.6 Å². The molecule has 0 bridgehead atoms. The first kappa shape index (κ1) is 14.5. The summed E-state index contributed by atoms with van der Waals surface area (Å²) in [5, 5.41) is 3.23. The highest BCUT2D eigenvalue weighted by Gasteiger charge is 2.37. The summed E-state index contributed by atoms with van der Waals surface area (Å²) in [6.07, 6.45) is 4.92. The predicted molar refractivity (Wildman–Crippen MR) is 70.8 cm³/mol. The average molecular weight is 241 g/mol. The fourth-order valence-electron chi connectivity index (χ4n) is 2.21. The molecule has 1 saturated carbocycles. The molecule has 17 heavy (non-hydrogen) atoms. The Kier molecular flexibility index (Phi) is 5.40. The van der Waals surface area contributed by atoms with Crippen LogP contribution in [0.25, 0.3) is 0 Å². The number of primary amides is 1. The molecule has 0 radical (unpaired) electrons. The number of hydrogen-bond acceptors (Lipinski definition) is 3. The maximum atomic E-state index is 11.6. The minimum atomic E-state index is -0.592. The largest absolute Gasteiger partial charge is 0.368 e. The van der Waals surface area contributed by atoms with E-state index in [9.17, 15) is 4.79 Å². The number of amides is 1. The molecule has 0 spiro atoms. The highest BCUT2D eigenvalue weighted by Crippen LogP contribution is 2.28. The number of nitrogens with zero attached hydrogens (tertiary/aromatic N) is 1. The van der Waals surface area contributed by atoms with Crippen molar-refractivity contribution >= 4 is 5.91 Å². The summed E-state index contributed by atoms with van der Waals surface area (Å²) >= 11 is 0. The van der Waals surface area contributed by atoms with Crippen LogP contribution in [0.3, 0.4) is 0 Å². The summed E-state index contributed by atoms with van der Waals surface area (Å²) < 4.78 is 0. The van der Waals surface area contributed by atoms with E-state index in [1.807, 2.05) is 13.8 Å². The number of carbonyl (C=O) groups is 1. The van der Waals surface area contributed by atoms with Gasteiger partial charge in [0.2, 0.25) is 5.91 Å². The second kappa shape index (κ2) is 6.36. The van der Waals surface area contributed by atoms with Gasteiger partial charge in [-0.25, -0.2) is 0 Å². The van der Waals surface area contributed by atoms with E-state index >= 15 is 0 Å². The van der Waals surface area contributed by atoms with Crippen LogP contribution < -0.4 is 11.1 Å². The van der Waals surface area contributed by atoms with Crippen molar-refractivity contribution in [2.24, 2.45) is 5.73 Å². The number of carbonyl (C=O) groups excluding carboxylic acids is 1. The molecule has 0 aliphatic heterocycles. The zero-order valence-corrected chi connectivity index (χ0v) is 11.5. The van der Waals surface area contributed by atoms with Gasteiger partial charge in [0.1, 0.15) is 5.54 Å². The van der Waals surface area contributed by atoms with Gasteiger partial charge < -0.3 is 11.1 Å². The molecule has 1 aliphatic rings. The van der Waals surface area contributed by atoms with Gasteiger partial charge in [0.25, 0.3) is 0 Å². The van der Waals surface area contributed by atoms with Crippen LogP contribution in [-0.4, -0.2) is 42.0 Å². The summed E-state index contributed by atoms with van der Waals surface area (Å²) in [5.74, 6) is -0.249. The van der Waals surface area contributed by atoms with Crippen molar-refractivity contribution in [3.05, 3.63) is 0 Å². The standard InChI is InChI=1S/C13H27N3O/c1-4-6-9-16(11-7-8-11)10-13(3,12(14)17)15-5-2/h11,15H,4-10H2,1-3H3,(H2,14,17). The number of unbranched alkanes of at least 4 members (excludes halogenated alkanes) is 1. The first-order valence-electron chi connectivity index (χ1n) is 6.82. The first-order valence-corrected chi connectivity index (χ1v) is 6.82. The van der Waals surface area contributed by atoms with E-state index in [4.69, 9.17) is 5.73 Å². The molecule has 0 saturated heterocycles. The molecule has 1 aliphatic carbocycles. The van der Waals surface area contributed by atoms with Gasteiger partial charge in [-0.15, -0.1) is 0 Å². The third kappa shape index (κ3) is 4.28. The van der Waals surface area contributed by atoms with Gasteiger partial charge in [0.05, 0.1) is 0 Å². The Bertz CT molecular complexity index is 253. The highest BCUT2D eigenvalue weighted by molar-refractivity contribution is 5.84. The summed E-state index contributed by atoms with van der Waals surface area (Å²) in [6, 6.07) is 0.680. The molecule has 4 heteroatoms. The first-order chi connectivity index (χ1) is 8.03. The van der Waals surface area contributed by atoms with Gasteiger partial charge in [-0.2, -0.15) is 0 Å². The molecular weight excluding hydrogens is 214 g/mol. The molecule has 3 N–H and O–H groups in total. The maximum absolute atomic E-state index is 11.6. The Morgan fingerprint density at radius 2 is 2.12 bits per heavy atom. The van der Waals surface area contributed by atoms with Crippen LogP contribution in [-0.2, 0) is 4.79 Å². The van der Waals surface area contributed by atoms with Gasteiger partial charge in [-0.3, -0.25) is 9.69 Å². The molecular formula is C13H27N3O.